The number of amides is 1. The molecule has 1 saturated heterocycles. The summed E-state index contributed by atoms with van der Waals surface area (Å²) in [7, 11) is 0. The molecule has 0 aromatic carbocycles. The van der Waals surface area contributed by atoms with Crippen LogP contribution in [0.1, 0.15) is 44.3 Å². The van der Waals surface area contributed by atoms with Gasteiger partial charge in [0.05, 0.1) is 5.41 Å². The first-order chi connectivity index (χ1) is 10.2. The molecule has 0 unspecified atom stereocenters. The van der Waals surface area contributed by atoms with Crippen molar-refractivity contribution < 1.29 is 9.32 Å². The van der Waals surface area contributed by atoms with Crippen molar-refractivity contribution in [3.8, 4) is 0 Å². The molecule has 1 aromatic rings. The van der Waals surface area contributed by atoms with Gasteiger partial charge in [-0.2, -0.15) is 4.98 Å². The van der Waals surface area contributed by atoms with Crippen LogP contribution < -0.4 is 10.6 Å². The number of aryl methyl sites for hydroxylation is 1. The van der Waals surface area contributed by atoms with Crippen molar-refractivity contribution >= 4 is 5.91 Å². The molecule has 2 N–H and O–H groups in total. The Morgan fingerprint density at radius 3 is 3.24 bits per heavy atom. The Hall–Kier alpha value is -1.43. The van der Waals surface area contributed by atoms with E-state index in [9.17, 15) is 4.79 Å². The van der Waals surface area contributed by atoms with Crippen LogP contribution >= 0.6 is 0 Å². The molecule has 1 amide bonds. The number of carbonyl (C=O) groups excluding carboxylic acids is 1. The van der Waals surface area contributed by atoms with Gasteiger partial charge in [-0.3, -0.25) is 4.79 Å². The highest BCUT2D eigenvalue weighted by molar-refractivity contribution is 5.83. The van der Waals surface area contributed by atoms with E-state index in [0.717, 1.165) is 32.4 Å². The molecule has 0 bridgehead atoms. The van der Waals surface area contributed by atoms with Gasteiger partial charge in [0.2, 0.25) is 11.8 Å². The second-order valence-corrected chi connectivity index (χ2v) is 6.19. The second kappa shape index (κ2) is 6.13. The quantitative estimate of drug-likeness (QED) is 0.848. The van der Waals surface area contributed by atoms with Crippen LogP contribution in [0.25, 0.3) is 0 Å². The summed E-state index contributed by atoms with van der Waals surface area (Å²) in [5, 5.41) is 10.4. The summed E-state index contributed by atoms with van der Waals surface area (Å²) in [5.41, 5.74) is -0.177. The number of aromatic nitrogens is 2. The van der Waals surface area contributed by atoms with Gasteiger partial charge in [0.25, 0.3) is 0 Å². The minimum absolute atomic E-state index is 0.177. The smallest absolute Gasteiger partial charge is 0.227 e. The van der Waals surface area contributed by atoms with Crippen molar-refractivity contribution in [2.75, 3.05) is 19.6 Å². The van der Waals surface area contributed by atoms with E-state index in [0.29, 0.717) is 30.6 Å². The third kappa shape index (κ3) is 2.81. The maximum absolute atomic E-state index is 12.6. The van der Waals surface area contributed by atoms with Crippen molar-refractivity contribution in [1.82, 2.24) is 20.8 Å². The minimum Gasteiger partial charge on any atom is -0.355 e. The zero-order valence-corrected chi connectivity index (χ0v) is 12.7. The topological polar surface area (TPSA) is 80.0 Å². The van der Waals surface area contributed by atoms with Gasteiger partial charge in [-0.05, 0) is 25.3 Å². The zero-order valence-electron chi connectivity index (χ0n) is 12.7. The van der Waals surface area contributed by atoms with E-state index in [4.69, 9.17) is 4.52 Å². The first kappa shape index (κ1) is 14.5. The number of nitrogens with one attached hydrogen (secondary N) is 2. The lowest BCUT2D eigenvalue weighted by Crippen LogP contribution is -2.48. The molecule has 1 aromatic heterocycles. The van der Waals surface area contributed by atoms with Crippen molar-refractivity contribution in [3.63, 3.8) is 0 Å². The van der Waals surface area contributed by atoms with Crippen molar-refractivity contribution in [2.24, 2.45) is 11.3 Å². The van der Waals surface area contributed by atoms with Crippen LogP contribution in [0.4, 0.5) is 0 Å². The summed E-state index contributed by atoms with van der Waals surface area (Å²) < 4.78 is 5.07. The highest BCUT2D eigenvalue weighted by atomic mass is 16.5. The Balaban J connectivity index is 1.53. The molecule has 0 spiro atoms. The van der Waals surface area contributed by atoms with Crippen LogP contribution in [-0.4, -0.2) is 35.7 Å². The summed E-state index contributed by atoms with van der Waals surface area (Å²) in [6, 6.07) is 0. The minimum atomic E-state index is -0.177. The molecule has 3 rings (SSSR count). The molecular formula is C15H24N4O2. The van der Waals surface area contributed by atoms with Crippen LogP contribution in [0.2, 0.25) is 0 Å². The van der Waals surface area contributed by atoms with Crippen LogP contribution in [0.15, 0.2) is 4.52 Å². The van der Waals surface area contributed by atoms with Crippen molar-refractivity contribution in [3.05, 3.63) is 11.7 Å². The van der Waals surface area contributed by atoms with Crippen LogP contribution in [0.5, 0.6) is 0 Å². The molecule has 116 valence electrons. The van der Waals surface area contributed by atoms with E-state index >= 15 is 0 Å². The first-order valence-electron chi connectivity index (χ1n) is 8.05. The molecular weight excluding hydrogens is 268 g/mol. The Bertz CT molecular complexity index is 502. The lowest BCUT2D eigenvalue weighted by Gasteiger charge is -2.37. The summed E-state index contributed by atoms with van der Waals surface area (Å²) in [5.74, 6) is 2.04. The predicted molar refractivity (Wildman–Crippen MR) is 77.7 cm³/mol. The lowest BCUT2D eigenvalue weighted by molar-refractivity contribution is -0.133. The summed E-state index contributed by atoms with van der Waals surface area (Å²) in [6.45, 7) is 4.37. The number of hydrogen-bond acceptors (Lipinski definition) is 5. The Labute approximate surface area is 125 Å². The van der Waals surface area contributed by atoms with E-state index in [-0.39, 0.29) is 11.3 Å². The molecule has 6 nitrogen and oxygen atoms in total. The van der Waals surface area contributed by atoms with E-state index in [1.165, 1.54) is 12.8 Å². The average Bonchev–Trinajstić information content (AvgIpc) is 3.14. The van der Waals surface area contributed by atoms with Gasteiger partial charge < -0.3 is 15.2 Å². The van der Waals surface area contributed by atoms with Crippen molar-refractivity contribution in [2.45, 2.75) is 45.4 Å². The second-order valence-electron chi connectivity index (χ2n) is 6.19. The molecule has 2 atom stereocenters. The van der Waals surface area contributed by atoms with Crippen LogP contribution in [0.3, 0.4) is 0 Å². The third-order valence-electron chi connectivity index (χ3n) is 4.94. The fraction of sp³-hybridized carbons (Fsp3) is 0.800. The molecule has 1 saturated carbocycles. The fourth-order valence-corrected chi connectivity index (χ4v) is 3.69. The highest BCUT2D eigenvalue weighted by Gasteiger charge is 2.49. The monoisotopic (exact) mass is 292 g/mol. The molecule has 2 heterocycles. The summed E-state index contributed by atoms with van der Waals surface area (Å²) >= 11 is 0. The van der Waals surface area contributed by atoms with E-state index in [2.05, 4.69) is 20.8 Å². The van der Waals surface area contributed by atoms with Gasteiger partial charge in [-0.1, -0.05) is 24.9 Å². The third-order valence-corrected chi connectivity index (χ3v) is 4.94. The highest BCUT2D eigenvalue weighted by Crippen LogP contribution is 2.43. The number of rotatable bonds is 5. The van der Waals surface area contributed by atoms with Gasteiger partial charge in [0, 0.05) is 25.9 Å². The number of nitrogens with zero attached hydrogens (tertiary/aromatic N) is 2. The van der Waals surface area contributed by atoms with Crippen molar-refractivity contribution in [1.29, 1.82) is 0 Å². The van der Waals surface area contributed by atoms with Gasteiger partial charge in [-0.15, -0.1) is 0 Å². The number of hydrogen-bond donors (Lipinski definition) is 2. The van der Waals surface area contributed by atoms with Gasteiger partial charge in [0.15, 0.2) is 5.82 Å². The molecule has 1 aliphatic heterocycles. The largest absolute Gasteiger partial charge is 0.355 e. The Kier molecular flexibility index (Phi) is 4.24. The number of carbonyl (C=O) groups is 1. The van der Waals surface area contributed by atoms with Crippen LogP contribution in [0, 0.1) is 11.3 Å². The molecule has 2 aliphatic rings. The summed E-state index contributed by atoms with van der Waals surface area (Å²) in [4.78, 5) is 16.9. The average molecular weight is 292 g/mol. The standard InChI is InChI=1S/C15H24N4O2/c1-2-13-18-12(19-21-13)6-8-17-14(20)15-7-4-3-5-11(15)9-16-10-15/h11,16H,2-10H2,1H3,(H,17,20)/t11-,15+/m0/s1. The van der Waals surface area contributed by atoms with Gasteiger partial charge in [-0.25, -0.2) is 0 Å². The number of fused-ring (bicyclic) bond motifs is 1. The van der Waals surface area contributed by atoms with Gasteiger partial charge >= 0.3 is 0 Å². The maximum atomic E-state index is 12.6. The van der Waals surface area contributed by atoms with E-state index in [1.807, 2.05) is 6.92 Å². The maximum Gasteiger partial charge on any atom is 0.227 e. The summed E-state index contributed by atoms with van der Waals surface area (Å²) in [6.07, 6.45) is 5.98. The first-order valence-corrected chi connectivity index (χ1v) is 8.05. The molecule has 2 fully saturated rings. The molecule has 1 aliphatic carbocycles. The predicted octanol–water partition coefficient (Wildman–Crippen LogP) is 1.07. The normalized spacial score (nSPS) is 28.3. The lowest BCUT2D eigenvalue weighted by atomic mass is 9.67. The Morgan fingerprint density at radius 2 is 2.43 bits per heavy atom. The van der Waals surface area contributed by atoms with E-state index in [1.54, 1.807) is 0 Å². The molecule has 21 heavy (non-hydrogen) atoms. The molecule has 0 radical (unpaired) electrons. The van der Waals surface area contributed by atoms with E-state index < -0.39 is 0 Å². The molecule has 6 heteroatoms. The fourth-order valence-electron chi connectivity index (χ4n) is 3.69. The van der Waals surface area contributed by atoms with Crippen LogP contribution in [-0.2, 0) is 17.6 Å². The Morgan fingerprint density at radius 1 is 1.52 bits per heavy atom. The zero-order chi connectivity index (χ0) is 14.7. The van der Waals surface area contributed by atoms with Gasteiger partial charge in [0.1, 0.15) is 0 Å². The SMILES string of the molecule is CCc1nc(CCNC(=O)[C@@]23CCCC[C@H]2CNC3)no1.